The highest BCUT2D eigenvalue weighted by atomic mass is 16.6. The highest BCUT2D eigenvalue weighted by Gasteiger charge is 2.22. The van der Waals surface area contributed by atoms with Crippen LogP contribution in [0.5, 0.6) is 0 Å². The van der Waals surface area contributed by atoms with Gasteiger partial charge < -0.3 is 19.9 Å². The van der Waals surface area contributed by atoms with Gasteiger partial charge in [-0.2, -0.15) is 0 Å². The monoisotopic (exact) mass is 363 g/mol. The van der Waals surface area contributed by atoms with Crippen LogP contribution < -0.4 is 16.1 Å². The molecule has 0 radical (unpaired) electrons. The van der Waals surface area contributed by atoms with E-state index in [9.17, 15) is 14.4 Å². The smallest absolute Gasteiger partial charge is 0.408 e. The second-order valence-electron chi connectivity index (χ2n) is 6.45. The van der Waals surface area contributed by atoms with Crippen LogP contribution in [0.4, 0.5) is 10.6 Å². The molecule has 10 nitrogen and oxygen atoms in total. The minimum Gasteiger partial charge on any atom is -0.444 e. The molecule has 2 aromatic rings. The number of hydrogen-bond donors (Lipinski definition) is 3. The van der Waals surface area contributed by atoms with Crippen LogP contribution >= 0.6 is 0 Å². The van der Waals surface area contributed by atoms with E-state index >= 15 is 0 Å². The van der Waals surface area contributed by atoms with Crippen molar-refractivity contribution in [1.82, 2.24) is 15.1 Å². The van der Waals surface area contributed by atoms with Crippen molar-refractivity contribution < 1.29 is 23.6 Å². The van der Waals surface area contributed by atoms with Crippen molar-refractivity contribution in [2.24, 2.45) is 0 Å². The largest absolute Gasteiger partial charge is 0.444 e. The zero-order valence-electron chi connectivity index (χ0n) is 14.9. The minimum atomic E-state index is -0.876. The van der Waals surface area contributed by atoms with Crippen LogP contribution in [0.15, 0.2) is 35.2 Å². The van der Waals surface area contributed by atoms with Crippen molar-refractivity contribution in [2.75, 3.05) is 10.7 Å². The zero-order valence-corrected chi connectivity index (χ0v) is 14.9. The molecule has 0 bridgehead atoms. The summed E-state index contributed by atoms with van der Waals surface area (Å²) in [4.78, 5) is 36.2. The number of nitrogens with one attached hydrogen (secondary N) is 3. The fourth-order valence-electron chi connectivity index (χ4n) is 1.89. The van der Waals surface area contributed by atoms with E-state index in [2.05, 4.69) is 25.7 Å². The van der Waals surface area contributed by atoms with Gasteiger partial charge in [0.15, 0.2) is 5.82 Å². The van der Waals surface area contributed by atoms with Gasteiger partial charge in [-0.25, -0.2) is 4.79 Å². The molecule has 0 fully saturated rings. The summed E-state index contributed by atoms with van der Waals surface area (Å²) in [6.07, 6.45) is 2.10. The first kappa shape index (κ1) is 19.0. The number of carbonyl (C=O) groups excluding carboxylic acids is 3. The van der Waals surface area contributed by atoms with Crippen LogP contribution in [0.1, 0.15) is 38.2 Å². The number of rotatable bonds is 5. The van der Waals surface area contributed by atoms with Crippen molar-refractivity contribution in [1.29, 1.82) is 0 Å². The first-order valence-corrected chi connectivity index (χ1v) is 7.85. The topological polar surface area (TPSA) is 127 Å². The molecule has 1 atom stereocenters. The molecule has 0 aliphatic rings. The third kappa shape index (κ3) is 5.36. The van der Waals surface area contributed by atoms with Gasteiger partial charge in [-0.05, 0) is 39.8 Å². The Kier molecular flexibility index (Phi) is 5.65. The quantitative estimate of drug-likeness (QED) is 0.742. The Morgan fingerprint density at radius 3 is 2.62 bits per heavy atom. The van der Waals surface area contributed by atoms with Crippen LogP contribution in [0, 0.1) is 0 Å². The summed E-state index contributed by atoms with van der Waals surface area (Å²) in [6.45, 7) is 6.66. The van der Waals surface area contributed by atoms with Crippen LogP contribution in [0.3, 0.4) is 0 Å². The third-order valence-electron chi connectivity index (χ3n) is 3.02. The van der Waals surface area contributed by atoms with E-state index in [4.69, 9.17) is 4.74 Å². The summed E-state index contributed by atoms with van der Waals surface area (Å²) in [7, 11) is 0. The lowest BCUT2D eigenvalue weighted by atomic mass is 10.2. The van der Waals surface area contributed by atoms with Gasteiger partial charge in [-0.3, -0.25) is 19.7 Å². The second-order valence-corrected chi connectivity index (χ2v) is 6.45. The summed E-state index contributed by atoms with van der Waals surface area (Å²) in [5.74, 6) is -0.770. The van der Waals surface area contributed by atoms with Crippen LogP contribution in [0.2, 0.25) is 0 Å². The molecule has 10 heteroatoms. The predicted molar refractivity (Wildman–Crippen MR) is 92.1 cm³/mol. The van der Waals surface area contributed by atoms with E-state index in [0.717, 1.165) is 0 Å². The molecule has 2 heterocycles. The van der Waals surface area contributed by atoms with Crippen molar-refractivity contribution >= 4 is 23.7 Å². The minimum absolute atomic E-state index is 0.172. The van der Waals surface area contributed by atoms with Gasteiger partial charge in [0.1, 0.15) is 23.6 Å². The zero-order chi connectivity index (χ0) is 19.3. The van der Waals surface area contributed by atoms with Crippen molar-refractivity contribution in [3.05, 3.63) is 36.4 Å². The Morgan fingerprint density at radius 1 is 1.27 bits per heavy atom. The lowest BCUT2D eigenvalue weighted by Gasteiger charge is -2.22. The highest BCUT2D eigenvalue weighted by molar-refractivity contribution is 6.03. The maximum atomic E-state index is 12.2. The number of anilines is 1. The van der Waals surface area contributed by atoms with Gasteiger partial charge >= 0.3 is 6.09 Å². The first-order chi connectivity index (χ1) is 12.2. The van der Waals surface area contributed by atoms with Crippen LogP contribution in [-0.4, -0.2) is 39.4 Å². The summed E-state index contributed by atoms with van der Waals surface area (Å²) in [5, 5.41) is 8.53. The standard InChI is InChI=1S/C16H21N5O5/c1-10(17-15(24)26-16(2,3)4)13(22)19-21-8-5-6-11(21)14(23)18-12-7-9-25-20-12/h5-10H,1-4H3,(H,17,24)(H,19,22)(H,18,20,23). The maximum absolute atomic E-state index is 12.2. The average molecular weight is 363 g/mol. The van der Waals surface area contributed by atoms with E-state index < -0.39 is 29.6 Å². The van der Waals surface area contributed by atoms with E-state index in [0.29, 0.717) is 0 Å². The lowest BCUT2D eigenvalue weighted by Crippen LogP contribution is -2.46. The molecular formula is C16H21N5O5. The predicted octanol–water partition coefficient (Wildman–Crippen LogP) is 1.71. The van der Waals surface area contributed by atoms with Gasteiger partial charge in [-0.1, -0.05) is 5.16 Å². The van der Waals surface area contributed by atoms with Gasteiger partial charge in [0, 0.05) is 12.3 Å². The van der Waals surface area contributed by atoms with E-state index in [1.165, 1.54) is 36.2 Å². The molecule has 0 aliphatic carbocycles. The van der Waals surface area contributed by atoms with Crippen molar-refractivity contribution in [3.8, 4) is 0 Å². The molecule has 1 unspecified atom stereocenters. The molecule has 3 amide bonds. The number of carbonyl (C=O) groups is 3. The summed E-state index contributed by atoms with van der Waals surface area (Å²) in [6, 6.07) is 3.71. The number of ether oxygens (including phenoxy) is 1. The lowest BCUT2D eigenvalue weighted by molar-refractivity contribution is -0.118. The number of aromatic nitrogens is 2. The van der Waals surface area contributed by atoms with E-state index in [1.807, 2.05) is 0 Å². The number of nitrogens with zero attached hydrogens (tertiary/aromatic N) is 2. The van der Waals surface area contributed by atoms with Crippen molar-refractivity contribution in [2.45, 2.75) is 39.3 Å². The summed E-state index contributed by atoms with van der Waals surface area (Å²) >= 11 is 0. The number of hydrogen-bond acceptors (Lipinski definition) is 6. The number of alkyl carbamates (subject to hydrolysis) is 1. The fourth-order valence-corrected chi connectivity index (χ4v) is 1.89. The van der Waals surface area contributed by atoms with Gasteiger partial charge in [-0.15, -0.1) is 0 Å². The molecule has 0 saturated heterocycles. The summed E-state index contributed by atoms with van der Waals surface area (Å²) in [5.41, 5.74) is 2.02. The van der Waals surface area contributed by atoms with Crippen molar-refractivity contribution in [3.63, 3.8) is 0 Å². The normalized spacial score (nSPS) is 12.2. The third-order valence-corrected chi connectivity index (χ3v) is 3.02. The van der Waals surface area contributed by atoms with Gasteiger partial charge in [0.05, 0.1) is 0 Å². The molecule has 26 heavy (non-hydrogen) atoms. The molecule has 0 saturated carbocycles. The highest BCUT2D eigenvalue weighted by Crippen LogP contribution is 2.08. The Balaban J connectivity index is 1.96. The first-order valence-electron chi connectivity index (χ1n) is 7.85. The van der Waals surface area contributed by atoms with Gasteiger partial charge in [0.2, 0.25) is 0 Å². The Bertz CT molecular complexity index is 775. The SMILES string of the molecule is CC(NC(=O)OC(C)(C)C)C(=O)Nn1cccc1C(=O)Nc1ccon1. The molecular weight excluding hydrogens is 342 g/mol. The van der Waals surface area contributed by atoms with Gasteiger partial charge in [0.25, 0.3) is 11.8 Å². The van der Waals surface area contributed by atoms with E-state index in [1.54, 1.807) is 26.8 Å². The number of amides is 3. The average Bonchev–Trinajstić information content (AvgIpc) is 3.16. The molecule has 3 N–H and O–H groups in total. The van der Waals surface area contributed by atoms with Crippen LogP contribution in [0.25, 0.3) is 0 Å². The molecule has 0 aromatic carbocycles. The molecule has 0 aliphatic heterocycles. The molecule has 2 aromatic heterocycles. The molecule has 0 spiro atoms. The second kappa shape index (κ2) is 7.72. The van der Waals surface area contributed by atoms with Crippen LogP contribution in [-0.2, 0) is 9.53 Å². The Hall–Kier alpha value is -3.30. The Labute approximate surface area is 149 Å². The molecule has 140 valence electrons. The maximum Gasteiger partial charge on any atom is 0.408 e. The fraction of sp³-hybridized carbons (Fsp3) is 0.375. The van der Waals surface area contributed by atoms with E-state index in [-0.39, 0.29) is 11.5 Å². The summed E-state index contributed by atoms with van der Waals surface area (Å²) < 4.78 is 11.0. The Morgan fingerprint density at radius 2 is 2.00 bits per heavy atom. The molecule has 2 rings (SSSR count).